The summed E-state index contributed by atoms with van der Waals surface area (Å²) in [6, 6.07) is 19.2. The highest BCUT2D eigenvalue weighted by molar-refractivity contribution is 7.92. The Hall–Kier alpha value is -3.56. The van der Waals surface area contributed by atoms with E-state index < -0.39 is 28.5 Å². The molecule has 39 heavy (non-hydrogen) atoms. The van der Waals surface area contributed by atoms with E-state index in [0.29, 0.717) is 18.7 Å². The Kier molecular flexibility index (Phi) is 10.4. The average Bonchev–Trinajstić information content (AvgIpc) is 2.92. The Morgan fingerprint density at radius 2 is 1.72 bits per heavy atom. The van der Waals surface area contributed by atoms with Gasteiger partial charge in [0.1, 0.15) is 18.3 Å². The zero-order valence-electron chi connectivity index (χ0n) is 22.6. The summed E-state index contributed by atoms with van der Waals surface area (Å²) in [4.78, 5) is 28.5. The molecule has 0 heterocycles. The summed E-state index contributed by atoms with van der Waals surface area (Å²) >= 11 is 6.35. The van der Waals surface area contributed by atoms with E-state index in [1.54, 1.807) is 31.2 Å². The number of sulfonamides is 1. The number of hydrogen-bond donors (Lipinski definition) is 1. The summed E-state index contributed by atoms with van der Waals surface area (Å²) in [5, 5.41) is 2.99. The third-order valence-electron chi connectivity index (χ3n) is 6.21. The van der Waals surface area contributed by atoms with Gasteiger partial charge in [-0.1, -0.05) is 66.6 Å². The first-order valence-corrected chi connectivity index (χ1v) is 14.5. The fraction of sp³-hybridized carbons (Fsp3) is 0.310. The fourth-order valence-corrected chi connectivity index (χ4v) is 5.96. The molecule has 0 aliphatic carbocycles. The molecular weight excluding hydrogens is 538 g/mol. The van der Waals surface area contributed by atoms with Crippen molar-refractivity contribution in [2.24, 2.45) is 0 Å². The van der Waals surface area contributed by atoms with Gasteiger partial charge in [0.2, 0.25) is 11.8 Å². The summed E-state index contributed by atoms with van der Waals surface area (Å²) in [5.74, 6) is -0.459. The zero-order chi connectivity index (χ0) is 28.6. The second-order valence-electron chi connectivity index (χ2n) is 8.97. The number of carbonyl (C=O) groups excluding carboxylic acids is 2. The number of hydrogen-bond acceptors (Lipinski definition) is 5. The van der Waals surface area contributed by atoms with Crippen LogP contribution in [0.15, 0.2) is 77.7 Å². The van der Waals surface area contributed by atoms with Crippen molar-refractivity contribution in [1.82, 2.24) is 10.2 Å². The van der Waals surface area contributed by atoms with Crippen LogP contribution in [0.2, 0.25) is 5.02 Å². The molecule has 208 valence electrons. The van der Waals surface area contributed by atoms with Gasteiger partial charge in [-0.05, 0) is 56.2 Å². The lowest BCUT2D eigenvalue weighted by Gasteiger charge is -2.33. The minimum atomic E-state index is -4.18. The van der Waals surface area contributed by atoms with E-state index in [1.165, 1.54) is 36.3 Å². The van der Waals surface area contributed by atoms with Crippen LogP contribution >= 0.6 is 11.6 Å². The zero-order valence-corrected chi connectivity index (χ0v) is 24.1. The number of nitrogens with zero attached hydrogens (tertiary/aromatic N) is 2. The molecule has 0 spiro atoms. The monoisotopic (exact) mass is 571 g/mol. The number of rotatable bonds is 12. The van der Waals surface area contributed by atoms with Gasteiger partial charge in [-0.2, -0.15) is 0 Å². The van der Waals surface area contributed by atoms with Crippen molar-refractivity contribution < 1.29 is 22.7 Å². The maximum Gasteiger partial charge on any atom is 0.264 e. The van der Waals surface area contributed by atoms with Crippen LogP contribution in [-0.4, -0.2) is 51.4 Å². The van der Waals surface area contributed by atoms with Gasteiger partial charge < -0.3 is 15.0 Å². The lowest BCUT2D eigenvalue weighted by atomic mass is 10.1. The molecule has 0 bridgehead atoms. The third-order valence-corrected chi connectivity index (χ3v) is 8.29. The van der Waals surface area contributed by atoms with E-state index in [-0.39, 0.29) is 28.1 Å². The number of benzene rings is 3. The summed E-state index contributed by atoms with van der Waals surface area (Å²) in [6.07, 6.45) is 0.350. The van der Waals surface area contributed by atoms with Crippen molar-refractivity contribution in [3.8, 4) is 5.75 Å². The highest BCUT2D eigenvalue weighted by Crippen LogP contribution is 2.32. The van der Waals surface area contributed by atoms with Crippen LogP contribution in [0.3, 0.4) is 0 Å². The summed E-state index contributed by atoms with van der Waals surface area (Å²) in [5.41, 5.74) is 2.03. The van der Waals surface area contributed by atoms with E-state index in [2.05, 4.69) is 5.32 Å². The van der Waals surface area contributed by atoms with Gasteiger partial charge in [0.25, 0.3) is 10.0 Å². The molecule has 0 aliphatic rings. The van der Waals surface area contributed by atoms with Crippen LogP contribution in [0, 0.1) is 6.92 Å². The highest BCUT2D eigenvalue weighted by Gasteiger charge is 2.33. The standard InChI is InChI=1S/C29H34ClN3O5S/c1-5-26(29(35)31-6-2)32(19-22-12-10-11-21(3)17-22)28(34)20-33(23-15-16-27(38-4)25(30)18-23)39(36,37)24-13-8-7-9-14-24/h7-18,26H,5-6,19-20H2,1-4H3,(H,31,35)/t26-/m0/s1. The Labute approximate surface area is 235 Å². The molecule has 3 rings (SSSR count). The SMILES string of the molecule is CCNC(=O)[C@H](CC)N(Cc1cccc(C)c1)C(=O)CN(c1ccc(OC)c(Cl)c1)S(=O)(=O)c1ccccc1. The summed E-state index contributed by atoms with van der Waals surface area (Å²) in [7, 11) is -2.72. The quantitative estimate of drug-likeness (QED) is 0.337. The number of amides is 2. The van der Waals surface area contributed by atoms with Crippen molar-refractivity contribution in [2.45, 2.75) is 44.7 Å². The van der Waals surface area contributed by atoms with E-state index in [9.17, 15) is 18.0 Å². The number of aryl methyl sites for hydroxylation is 1. The van der Waals surface area contributed by atoms with Gasteiger partial charge in [-0.25, -0.2) is 8.42 Å². The van der Waals surface area contributed by atoms with Crippen LogP contribution in [0.4, 0.5) is 5.69 Å². The number of anilines is 1. The molecule has 0 aliphatic heterocycles. The average molecular weight is 572 g/mol. The molecule has 8 nitrogen and oxygen atoms in total. The van der Waals surface area contributed by atoms with Gasteiger partial charge in [0, 0.05) is 13.1 Å². The molecule has 3 aromatic carbocycles. The smallest absolute Gasteiger partial charge is 0.264 e. The molecule has 1 N–H and O–H groups in total. The van der Waals surface area contributed by atoms with E-state index >= 15 is 0 Å². The molecule has 2 amide bonds. The fourth-order valence-electron chi connectivity index (χ4n) is 4.28. The predicted molar refractivity (Wildman–Crippen MR) is 153 cm³/mol. The number of nitrogens with one attached hydrogen (secondary N) is 1. The molecule has 0 fully saturated rings. The summed E-state index contributed by atoms with van der Waals surface area (Å²) in [6.45, 7) is 5.57. The second kappa shape index (κ2) is 13.5. The van der Waals surface area contributed by atoms with Crippen LogP contribution < -0.4 is 14.4 Å². The van der Waals surface area contributed by atoms with Gasteiger partial charge in [-0.3, -0.25) is 13.9 Å². The lowest BCUT2D eigenvalue weighted by Crippen LogP contribution is -2.52. The van der Waals surface area contributed by atoms with Crippen LogP contribution in [0.25, 0.3) is 0 Å². The Morgan fingerprint density at radius 3 is 2.31 bits per heavy atom. The number of carbonyl (C=O) groups is 2. The maximum absolute atomic E-state index is 14.0. The Balaban J connectivity index is 2.08. The largest absolute Gasteiger partial charge is 0.495 e. The number of methoxy groups -OCH3 is 1. The molecule has 10 heteroatoms. The molecule has 0 unspecified atom stereocenters. The van der Waals surface area contributed by atoms with E-state index in [4.69, 9.17) is 16.3 Å². The van der Waals surface area contributed by atoms with Crippen molar-refractivity contribution >= 4 is 39.1 Å². The highest BCUT2D eigenvalue weighted by atomic mass is 35.5. The lowest BCUT2D eigenvalue weighted by molar-refractivity contribution is -0.140. The van der Waals surface area contributed by atoms with Crippen molar-refractivity contribution in [1.29, 1.82) is 0 Å². The van der Waals surface area contributed by atoms with Gasteiger partial charge in [-0.15, -0.1) is 0 Å². The third kappa shape index (κ3) is 7.30. The number of likely N-dealkylation sites (N-methyl/N-ethyl adjacent to an activating group) is 1. The first kappa shape index (κ1) is 30.0. The maximum atomic E-state index is 14.0. The van der Waals surface area contributed by atoms with Crippen molar-refractivity contribution in [3.05, 3.63) is 88.9 Å². The molecule has 0 saturated heterocycles. The first-order valence-electron chi connectivity index (χ1n) is 12.7. The Morgan fingerprint density at radius 1 is 1.00 bits per heavy atom. The van der Waals surface area contributed by atoms with Crippen LogP contribution in [-0.2, 0) is 26.2 Å². The molecule has 1 atom stereocenters. The van der Waals surface area contributed by atoms with Gasteiger partial charge in [0.05, 0.1) is 22.7 Å². The molecule has 0 radical (unpaired) electrons. The number of ether oxygens (including phenoxy) is 1. The van der Waals surface area contributed by atoms with Gasteiger partial charge >= 0.3 is 0 Å². The van der Waals surface area contributed by atoms with Crippen LogP contribution in [0.1, 0.15) is 31.4 Å². The Bertz CT molecular complexity index is 1400. The minimum Gasteiger partial charge on any atom is -0.495 e. The predicted octanol–water partition coefficient (Wildman–Crippen LogP) is 4.80. The molecule has 0 saturated carbocycles. The number of halogens is 1. The normalized spacial score (nSPS) is 11.9. The topological polar surface area (TPSA) is 96.0 Å². The molecular formula is C29H34ClN3O5S. The molecule has 3 aromatic rings. The van der Waals surface area contributed by atoms with Crippen molar-refractivity contribution in [3.63, 3.8) is 0 Å². The minimum absolute atomic E-state index is 0.0192. The first-order chi connectivity index (χ1) is 18.6. The molecule has 0 aromatic heterocycles. The van der Waals surface area contributed by atoms with E-state index in [1.807, 2.05) is 38.1 Å². The van der Waals surface area contributed by atoms with Crippen LogP contribution in [0.5, 0.6) is 5.75 Å². The van der Waals surface area contributed by atoms with Gasteiger partial charge in [0.15, 0.2) is 0 Å². The second-order valence-corrected chi connectivity index (χ2v) is 11.2. The van der Waals surface area contributed by atoms with E-state index in [0.717, 1.165) is 15.4 Å². The summed E-state index contributed by atoms with van der Waals surface area (Å²) < 4.78 is 33.9. The van der Waals surface area contributed by atoms with Crippen molar-refractivity contribution in [2.75, 3.05) is 24.5 Å².